The van der Waals surface area contributed by atoms with Crippen molar-refractivity contribution in [3.63, 3.8) is 0 Å². The molecule has 24 heavy (non-hydrogen) atoms. The lowest BCUT2D eigenvalue weighted by Crippen LogP contribution is -1.76. The summed E-state index contributed by atoms with van der Waals surface area (Å²) in [5.74, 6) is 0. The Morgan fingerprint density at radius 3 is 2.12 bits per heavy atom. The number of benzene rings is 4. The third-order valence-electron chi connectivity index (χ3n) is 5.83. The Bertz CT molecular complexity index is 1550. The molecule has 7 rings (SSSR count). The highest BCUT2D eigenvalue weighted by molar-refractivity contribution is 6.38. The molecule has 0 spiro atoms. The van der Waals surface area contributed by atoms with E-state index in [1.807, 2.05) is 0 Å². The molecule has 0 N–H and O–H groups in total. The third-order valence-corrected chi connectivity index (χ3v) is 5.83. The highest BCUT2D eigenvalue weighted by Gasteiger charge is 2.25. The minimum absolute atomic E-state index is 1.34. The van der Waals surface area contributed by atoms with Gasteiger partial charge in [0, 0.05) is 32.3 Å². The Kier molecular flexibility index (Phi) is 1.62. The third kappa shape index (κ3) is 1.00. The average molecular weight is 303 g/mol. The van der Waals surface area contributed by atoms with Gasteiger partial charge in [0.05, 0.1) is 16.6 Å². The Balaban J connectivity index is 2.07. The summed E-state index contributed by atoms with van der Waals surface area (Å²) in [4.78, 5) is 0. The molecule has 0 fully saturated rings. The van der Waals surface area contributed by atoms with Crippen molar-refractivity contribution in [1.29, 1.82) is 0 Å². The lowest BCUT2D eigenvalue weighted by atomic mass is 10.00. The van der Waals surface area contributed by atoms with Gasteiger partial charge in [-0.3, -0.25) is 0 Å². The van der Waals surface area contributed by atoms with Crippen molar-refractivity contribution in [2.45, 2.75) is 6.92 Å². The number of para-hydroxylation sites is 1. The van der Waals surface area contributed by atoms with E-state index in [1.165, 1.54) is 65.2 Å². The van der Waals surface area contributed by atoms with E-state index in [9.17, 15) is 0 Å². The van der Waals surface area contributed by atoms with Crippen molar-refractivity contribution in [3.05, 3.63) is 66.2 Å². The Hall–Kier alpha value is -3.06. The van der Waals surface area contributed by atoms with Gasteiger partial charge in [0.25, 0.3) is 0 Å². The monoisotopic (exact) mass is 303 g/mol. The van der Waals surface area contributed by atoms with Crippen molar-refractivity contribution >= 4 is 59.6 Å². The SMILES string of the molecule is Cc1cc2c3cccc4c5cc6ccccc6c6c(c1)c2n(c34)c56. The molecule has 0 saturated heterocycles. The quantitative estimate of drug-likeness (QED) is 0.308. The molecule has 110 valence electrons. The van der Waals surface area contributed by atoms with E-state index in [0.29, 0.717) is 0 Å². The first-order valence-electron chi connectivity index (χ1n) is 8.47. The highest BCUT2D eigenvalue weighted by atomic mass is 14.9. The molecule has 4 aromatic carbocycles. The zero-order valence-electron chi connectivity index (χ0n) is 13.2. The van der Waals surface area contributed by atoms with Gasteiger partial charge in [-0.1, -0.05) is 42.5 Å². The summed E-state index contributed by atoms with van der Waals surface area (Å²) in [7, 11) is 0. The summed E-state index contributed by atoms with van der Waals surface area (Å²) in [5, 5.41) is 11.1. The summed E-state index contributed by atoms with van der Waals surface area (Å²) in [6, 6.07) is 22.7. The van der Waals surface area contributed by atoms with Gasteiger partial charge in [-0.25, -0.2) is 0 Å². The molecule has 3 aromatic heterocycles. The summed E-state index contributed by atoms with van der Waals surface area (Å²) >= 11 is 0. The summed E-state index contributed by atoms with van der Waals surface area (Å²) in [5.41, 5.74) is 5.53. The van der Waals surface area contributed by atoms with E-state index in [2.05, 4.69) is 72.0 Å². The van der Waals surface area contributed by atoms with Gasteiger partial charge >= 0.3 is 0 Å². The van der Waals surface area contributed by atoms with E-state index in [4.69, 9.17) is 0 Å². The lowest BCUT2D eigenvalue weighted by Gasteiger charge is -2.02. The van der Waals surface area contributed by atoms with Gasteiger partial charge in [0.15, 0.2) is 0 Å². The molecule has 0 unspecified atom stereocenters. The predicted molar refractivity (Wildman–Crippen MR) is 103 cm³/mol. The maximum Gasteiger partial charge on any atom is 0.0627 e. The van der Waals surface area contributed by atoms with Gasteiger partial charge in [-0.2, -0.15) is 0 Å². The molecule has 0 aliphatic carbocycles. The molecule has 0 saturated carbocycles. The molecule has 0 aliphatic rings. The average Bonchev–Trinajstić information content (AvgIpc) is 3.22. The molecule has 1 nitrogen and oxygen atoms in total. The number of hydrogen-bond donors (Lipinski definition) is 0. The summed E-state index contributed by atoms with van der Waals surface area (Å²) in [6.07, 6.45) is 0. The number of rotatable bonds is 0. The van der Waals surface area contributed by atoms with Crippen LogP contribution in [0.15, 0.2) is 60.7 Å². The van der Waals surface area contributed by atoms with Crippen molar-refractivity contribution in [3.8, 4) is 0 Å². The van der Waals surface area contributed by atoms with Gasteiger partial charge in [-0.15, -0.1) is 0 Å². The molecule has 3 heterocycles. The Morgan fingerprint density at radius 2 is 1.25 bits per heavy atom. The van der Waals surface area contributed by atoms with E-state index in [0.717, 1.165) is 0 Å². The molecular formula is C23H13N. The minimum Gasteiger partial charge on any atom is -0.307 e. The van der Waals surface area contributed by atoms with Gasteiger partial charge in [0.1, 0.15) is 0 Å². The van der Waals surface area contributed by atoms with Crippen molar-refractivity contribution in [2.75, 3.05) is 0 Å². The fourth-order valence-corrected chi connectivity index (χ4v) is 5.02. The van der Waals surface area contributed by atoms with Crippen LogP contribution in [-0.4, -0.2) is 4.40 Å². The fourth-order valence-electron chi connectivity index (χ4n) is 5.02. The maximum absolute atomic E-state index is 2.52. The van der Waals surface area contributed by atoms with Crippen molar-refractivity contribution in [2.24, 2.45) is 0 Å². The Morgan fingerprint density at radius 1 is 0.583 bits per heavy atom. The molecule has 1 heteroatoms. The normalized spacial score (nSPS) is 13.2. The molecule has 0 radical (unpaired) electrons. The second-order valence-electron chi connectivity index (χ2n) is 7.11. The zero-order valence-corrected chi connectivity index (χ0v) is 13.2. The van der Waals surface area contributed by atoms with Gasteiger partial charge in [-0.05, 0) is 41.5 Å². The first-order valence-corrected chi connectivity index (χ1v) is 8.47. The smallest absolute Gasteiger partial charge is 0.0627 e. The van der Waals surface area contributed by atoms with Crippen LogP contribution in [0.1, 0.15) is 5.56 Å². The van der Waals surface area contributed by atoms with Crippen LogP contribution in [0.3, 0.4) is 0 Å². The number of aromatic nitrogens is 1. The minimum atomic E-state index is 1.34. The molecule has 0 amide bonds. The summed E-state index contributed by atoms with van der Waals surface area (Å²) in [6.45, 7) is 2.21. The maximum atomic E-state index is 2.52. The molecule has 7 aromatic rings. The van der Waals surface area contributed by atoms with Crippen LogP contribution in [0.4, 0.5) is 0 Å². The van der Waals surface area contributed by atoms with E-state index < -0.39 is 0 Å². The number of fused-ring (bicyclic) bond motifs is 5. The second kappa shape index (κ2) is 3.39. The number of nitrogens with zero attached hydrogens (tertiary/aromatic N) is 1. The molecular weight excluding hydrogens is 290 g/mol. The number of hydrogen-bond acceptors (Lipinski definition) is 0. The number of aryl methyl sites for hydroxylation is 1. The first-order chi connectivity index (χ1) is 11.8. The van der Waals surface area contributed by atoms with Crippen LogP contribution in [-0.2, 0) is 0 Å². The standard InChI is InChI=1S/C23H13N/c1-12-9-17-15-7-4-8-16-18-11-13-5-2-3-6-14(13)20-19(10-12)22(17)24(21(15)16)23(18)20/h2-11H,1H3. The van der Waals surface area contributed by atoms with Crippen LogP contribution in [0, 0.1) is 6.92 Å². The van der Waals surface area contributed by atoms with Crippen LogP contribution < -0.4 is 0 Å². The molecule has 0 atom stereocenters. The van der Waals surface area contributed by atoms with Crippen molar-refractivity contribution < 1.29 is 0 Å². The van der Waals surface area contributed by atoms with Gasteiger partial charge < -0.3 is 4.40 Å². The van der Waals surface area contributed by atoms with Gasteiger partial charge in [0.2, 0.25) is 0 Å². The molecule has 0 aliphatic heterocycles. The van der Waals surface area contributed by atoms with Crippen LogP contribution >= 0.6 is 0 Å². The van der Waals surface area contributed by atoms with Crippen LogP contribution in [0.5, 0.6) is 0 Å². The molecule has 0 bridgehead atoms. The lowest BCUT2D eigenvalue weighted by molar-refractivity contribution is 1.41. The Labute approximate surface area is 137 Å². The van der Waals surface area contributed by atoms with E-state index >= 15 is 0 Å². The zero-order chi connectivity index (χ0) is 15.6. The fraction of sp³-hybridized carbons (Fsp3) is 0.0435. The largest absolute Gasteiger partial charge is 0.307 e. The predicted octanol–water partition coefficient (Wildman–Crippen LogP) is 6.33. The van der Waals surface area contributed by atoms with Crippen molar-refractivity contribution in [1.82, 2.24) is 4.40 Å². The van der Waals surface area contributed by atoms with E-state index in [-0.39, 0.29) is 0 Å². The topological polar surface area (TPSA) is 4.41 Å². The van der Waals surface area contributed by atoms with Crippen LogP contribution in [0.2, 0.25) is 0 Å². The summed E-state index contributed by atoms with van der Waals surface area (Å²) < 4.78 is 2.52. The second-order valence-corrected chi connectivity index (χ2v) is 7.11. The van der Waals surface area contributed by atoms with Crippen LogP contribution in [0.25, 0.3) is 59.6 Å². The first kappa shape index (κ1) is 11.5. The highest BCUT2D eigenvalue weighted by Crippen LogP contribution is 2.48. The van der Waals surface area contributed by atoms with E-state index in [1.54, 1.807) is 0 Å².